The Morgan fingerprint density at radius 2 is 1.57 bits per heavy atom. The van der Waals surface area contributed by atoms with Gasteiger partial charge in [0, 0.05) is 0 Å². The molecule has 0 amide bonds. The standard InChI is InChI=1S/C26H39N3.Os/c1-6-11-12-13-22-29(25-18-14-23(15-19-25)27(7-2)8-3)26-20-16-24(17-21-26)28(9-4)10-5;/h14-18,20H,6-13,22H2,1-5H3;. The number of unbranched alkanes of at least 4 members (excludes halogenated alkanes) is 3. The molecular formula is C26H39N3Os. The molecule has 0 N–H and O–H groups in total. The van der Waals surface area contributed by atoms with Gasteiger partial charge in [0.1, 0.15) is 0 Å². The van der Waals surface area contributed by atoms with E-state index in [0.29, 0.717) is 0 Å². The van der Waals surface area contributed by atoms with Crippen LogP contribution in [0.15, 0.2) is 42.1 Å². The molecule has 166 valence electrons. The Balaban J connectivity index is 2.36. The fourth-order valence-corrected chi connectivity index (χ4v) is 4.85. The molecule has 2 rings (SSSR count). The molecule has 0 saturated heterocycles. The Kier molecular flexibility index (Phi) is 10.7. The zero-order chi connectivity index (χ0) is 21.9. The number of benzene rings is 1. The van der Waals surface area contributed by atoms with Gasteiger partial charge in [-0.3, -0.25) is 0 Å². The van der Waals surface area contributed by atoms with Crippen LogP contribution in [0, 0.1) is 6.07 Å². The summed E-state index contributed by atoms with van der Waals surface area (Å²) in [4.78, 5) is 4.79. The Bertz CT molecular complexity index is 766. The van der Waals surface area contributed by atoms with Gasteiger partial charge in [-0.25, -0.2) is 0 Å². The first-order chi connectivity index (χ1) is 14.6. The maximum atomic E-state index is 3.59. The van der Waals surface area contributed by atoms with Crippen molar-refractivity contribution in [3.05, 3.63) is 48.2 Å². The van der Waals surface area contributed by atoms with Crippen LogP contribution in [0.5, 0.6) is 0 Å². The molecule has 0 radical (unpaired) electrons. The minimum absolute atomic E-state index is 1.03. The first-order valence-electron chi connectivity index (χ1n) is 11.7. The monoisotopic (exact) mass is 585 g/mol. The van der Waals surface area contributed by atoms with Gasteiger partial charge in [0.05, 0.1) is 0 Å². The van der Waals surface area contributed by atoms with Crippen LogP contribution in [0.4, 0.5) is 11.4 Å². The normalized spacial score (nSPS) is 15.3. The van der Waals surface area contributed by atoms with Crippen molar-refractivity contribution in [1.82, 2.24) is 4.90 Å². The van der Waals surface area contributed by atoms with Crippen LogP contribution in [0.25, 0.3) is 0 Å². The van der Waals surface area contributed by atoms with Gasteiger partial charge < -0.3 is 0 Å². The number of nitrogens with zero attached hydrogens (tertiary/aromatic N) is 3. The van der Waals surface area contributed by atoms with E-state index in [-0.39, 0.29) is 0 Å². The van der Waals surface area contributed by atoms with Crippen molar-refractivity contribution >= 4 is 21.2 Å². The third-order valence-electron chi connectivity index (χ3n) is 5.78. The summed E-state index contributed by atoms with van der Waals surface area (Å²) in [5.41, 5.74) is 5.06. The second kappa shape index (κ2) is 13.0. The molecule has 1 aliphatic carbocycles. The summed E-state index contributed by atoms with van der Waals surface area (Å²) in [6, 6.07) is 10.2. The van der Waals surface area contributed by atoms with E-state index in [1.165, 1.54) is 52.5 Å². The molecule has 1 aromatic rings. The van der Waals surface area contributed by atoms with Gasteiger partial charge in [0.15, 0.2) is 0 Å². The number of allylic oxidation sites excluding steroid dienone is 3. The fraction of sp³-hybridized carbons (Fsp3) is 0.538. The maximum absolute atomic E-state index is 3.59. The molecule has 1 aliphatic rings. The molecule has 0 fully saturated rings. The summed E-state index contributed by atoms with van der Waals surface area (Å²) >= 11 is 2.00. The van der Waals surface area contributed by atoms with Crippen molar-refractivity contribution in [3.8, 4) is 0 Å². The van der Waals surface area contributed by atoms with Crippen LogP contribution in [-0.2, 0) is 18.1 Å². The van der Waals surface area contributed by atoms with Crippen LogP contribution < -0.4 is 4.90 Å². The second-order valence-corrected chi connectivity index (χ2v) is 8.98. The zero-order valence-electron chi connectivity index (χ0n) is 19.5. The summed E-state index contributed by atoms with van der Waals surface area (Å²) in [6.45, 7) is 16.3. The first-order valence-corrected chi connectivity index (χ1v) is 12.9. The van der Waals surface area contributed by atoms with E-state index >= 15 is 0 Å². The number of rotatable bonds is 12. The molecule has 4 heteroatoms. The molecule has 3 nitrogen and oxygen atoms in total. The summed E-state index contributed by atoms with van der Waals surface area (Å²) in [5.74, 6) is 0. The predicted octanol–water partition coefficient (Wildman–Crippen LogP) is 5.51. The van der Waals surface area contributed by atoms with E-state index in [1.54, 1.807) is 0 Å². The molecule has 0 aliphatic heterocycles. The van der Waals surface area contributed by atoms with Crippen molar-refractivity contribution in [2.75, 3.05) is 37.6 Å². The van der Waals surface area contributed by atoms with E-state index in [0.717, 1.165) is 32.7 Å². The topological polar surface area (TPSA) is 9.49 Å². The molecule has 0 atom stereocenters. The summed E-state index contributed by atoms with van der Waals surface area (Å²) in [6.07, 6.45) is 12.0. The van der Waals surface area contributed by atoms with Gasteiger partial charge in [-0.1, -0.05) is 0 Å². The quantitative estimate of drug-likeness (QED) is 0.182. The van der Waals surface area contributed by atoms with E-state index in [2.05, 4.69) is 91.5 Å². The van der Waals surface area contributed by atoms with Gasteiger partial charge in [0.2, 0.25) is 0 Å². The Morgan fingerprint density at radius 3 is 2.10 bits per heavy atom. The van der Waals surface area contributed by atoms with Gasteiger partial charge in [-0.15, -0.1) is 0 Å². The number of hydrogen-bond acceptors (Lipinski definition) is 2. The number of anilines is 1. The van der Waals surface area contributed by atoms with Crippen molar-refractivity contribution in [2.45, 2.75) is 60.3 Å². The summed E-state index contributed by atoms with van der Waals surface area (Å²) in [5, 5.41) is 0. The first kappa shape index (κ1) is 24.7. The minimum atomic E-state index is 1.03. The van der Waals surface area contributed by atoms with Gasteiger partial charge in [-0.05, 0) is 0 Å². The molecule has 30 heavy (non-hydrogen) atoms. The SMILES string of the molecule is CCCCCC[N+](=C1C=CC(N(CC)CC)=C[C]1=[Os])c1[c-]cc(N(CC)CC)cc1. The van der Waals surface area contributed by atoms with E-state index < -0.39 is 0 Å². The molecule has 0 unspecified atom stereocenters. The third-order valence-corrected chi connectivity index (χ3v) is 6.79. The molecule has 1 aromatic carbocycles. The number of hydrogen-bond donors (Lipinski definition) is 0. The van der Waals surface area contributed by atoms with Gasteiger partial charge in [0.25, 0.3) is 0 Å². The van der Waals surface area contributed by atoms with Crippen LogP contribution in [0.3, 0.4) is 0 Å². The number of likely N-dealkylation sites (N-methyl/N-ethyl adjacent to an activating group) is 1. The molecule has 0 spiro atoms. The van der Waals surface area contributed by atoms with Crippen molar-refractivity contribution in [3.63, 3.8) is 0 Å². The fourth-order valence-electron chi connectivity index (χ4n) is 3.92. The van der Waals surface area contributed by atoms with Crippen LogP contribution in [-0.4, -0.2) is 52.0 Å². The zero-order valence-corrected chi connectivity index (χ0v) is 22.1. The Morgan fingerprint density at radius 1 is 0.867 bits per heavy atom. The van der Waals surface area contributed by atoms with Crippen LogP contribution >= 0.6 is 0 Å². The van der Waals surface area contributed by atoms with Crippen molar-refractivity contribution in [1.29, 1.82) is 0 Å². The van der Waals surface area contributed by atoms with Gasteiger partial charge >= 0.3 is 195 Å². The van der Waals surface area contributed by atoms with Crippen molar-refractivity contribution < 1.29 is 22.7 Å². The molecular weight excluding hydrogens is 545 g/mol. The van der Waals surface area contributed by atoms with E-state index in [1.807, 2.05) is 18.1 Å². The Labute approximate surface area is 194 Å². The summed E-state index contributed by atoms with van der Waals surface area (Å²) < 4.78 is 3.83. The molecule has 0 saturated carbocycles. The average Bonchev–Trinajstić information content (AvgIpc) is 2.77. The van der Waals surface area contributed by atoms with Gasteiger partial charge in [-0.2, -0.15) is 0 Å². The average molecular weight is 584 g/mol. The van der Waals surface area contributed by atoms with Crippen molar-refractivity contribution in [2.24, 2.45) is 0 Å². The predicted molar refractivity (Wildman–Crippen MR) is 128 cm³/mol. The molecule has 0 aromatic heterocycles. The summed E-state index contributed by atoms with van der Waals surface area (Å²) in [7, 11) is 0. The van der Waals surface area contributed by atoms with E-state index in [4.69, 9.17) is 0 Å². The molecule has 0 heterocycles. The second-order valence-electron chi connectivity index (χ2n) is 7.61. The van der Waals surface area contributed by atoms with Crippen LogP contribution in [0.1, 0.15) is 60.3 Å². The van der Waals surface area contributed by atoms with Crippen LogP contribution in [0.2, 0.25) is 0 Å². The molecule has 0 bridgehead atoms. The third kappa shape index (κ3) is 6.49. The van der Waals surface area contributed by atoms with E-state index in [9.17, 15) is 0 Å². The Hall–Kier alpha value is -1.52.